The van der Waals surface area contributed by atoms with Gasteiger partial charge < -0.3 is 18.1 Å². The van der Waals surface area contributed by atoms with Gasteiger partial charge in [0.25, 0.3) is 0 Å². The second-order valence-corrected chi connectivity index (χ2v) is 10.9. The van der Waals surface area contributed by atoms with Gasteiger partial charge in [-0.05, 0) is 41.8 Å². The predicted molar refractivity (Wildman–Crippen MR) is 174 cm³/mol. The van der Waals surface area contributed by atoms with Crippen molar-refractivity contribution >= 4 is 71.2 Å². The molecule has 214 valence electrons. The van der Waals surface area contributed by atoms with Gasteiger partial charge in [0.1, 0.15) is 16.8 Å². The van der Waals surface area contributed by atoms with Crippen LogP contribution in [0.3, 0.4) is 0 Å². The third kappa shape index (κ3) is 3.72. The van der Waals surface area contributed by atoms with Crippen LogP contribution in [0.2, 0.25) is 0 Å². The largest absolute Gasteiger partial charge is 2.00 e. The maximum atomic E-state index is 6.41. The van der Waals surface area contributed by atoms with Gasteiger partial charge >= 0.3 is 20.4 Å². The van der Waals surface area contributed by atoms with Gasteiger partial charge in [-0.3, -0.25) is 4.98 Å². The van der Waals surface area contributed by atoms with E-state index >= 15 is 0 Å². The van der Waals surface area contributed by atoms with Crippen LogP contribution >= 0.6 is 0 Å². The third-order valence-corrected chi connectivity index (χ3v) is 8.48. The molecule has 0 aliphatic rings. The maximum Gasteiger partial charge on any atom is 2.00 e. The molecule has 0 saturated heterocycles. The van der Waals surface area contributed by atoms with Crippen molar-refractivity contribution in [3.8, 4) is 17.2 Å². The van der Waals surface area contributed by atoms with Crippen LogP contribution in [0.5, 0.6) is 11.5 Å². The van der Waals surface area contributed by atoms with Crippen molar-refractivity contribution in [1.29, 1.82) is 0 Å². The van der Waals surface area contributed by atoms with Crippen LogP contribution in [0.25, 0.3) is 76.9 Å². The molecule has 5 heterocycles. The van der Waals surface area contributed by atoms with E-state index in [0.29, 0.717) is 11.5 Å². The second kappa shape index (κ2) is 9.77. The first kappa shape index (κ1) is 26.0. The number of benzene rings is 5. The predicted octanol–water partition coefficient (Wildman–Crippen LogP) is 9.42. The molecule has 0 N–H and O–H groups in total. The van der Waals surface area contributed by atoms with Gasteiger partial charge in [-0.2, -0.15) is 6.07 Å². The van der Waals surface area contributed by atoms with Crippen molar-refractivity contribution in [3.05, 3.63) is 134 Å². The van der Waals surface area contributed by atoms with Crippen molar-refractivity contribution in [2.75, 3.05) is 0 Å². The Bertz CT molecular complexity index is 2770. The molecule has 0 saturated carbocycles. The van der Waals surface area contributed by atoms with E-state index in [4.69, 9.17) is 14.1 Å². The average Bonchev–Trinajstić information content (AvgIpc) is 3.79. The SMILES string of the molecule is [Pd+2].[c-]1c(Oc2[c-]c3c(cc2)c2ccccc2n2ccnc32)cccc1-n1c2ccc3oc4ccccc4c3c2c2cccnc21. The van der Waals surface area contributed by atoms with E-state index < -0.39 is 0 Å². The normalized spacial score (nSPS) is 11.8. The fourth-order valence-corrected chi connectivity index (χ4v) is 6.67. The summed E-state index contributed by atoms with van der Waals surface area (Å²) in [5.74, 6) is 1.18. The quantitative estimate of drug-likeness (QED) is 0.107. The Kier molecular flexibility index (Phi) is 5.64. The Morgan fingerprint density at radius 3 is 2.36 bits per heavy atom. The maximum absolute atomic E-state index is 6.41. The van der Waals surface area contributed by atoms with Gasteiger partial charge in [0.15, 0.2) is 0 Å². The third-order valence-electron chi connectivity index (χ3n) is 8.48. The van der Waals surface area contributed by atoms with Crippen LogP contribution in [0.4, 0.5) is 0 Å². The van der Waals surface area contributed by atoms with E-state index in [9.17, 15) is 0 Å². The van der Waals surface area contributed by atoms with Gasteiger partial charge in [0, 0.05) is 57.2 Å². The summed E-state index contributed by atoms with van der Waals surface area (Å²) in [5.41, 5.74) is 6.38. The molecule has 6 nitrogen and oxygen atoms in total. The van der Waals surface area contributed by atoms with E-state index in [1.54, 1.807) is 0 Å². The molecule has 0 amide bonds. The first-order chi connectivity index (χ1) is 21.8. The molecule has 5 aromatic carbocycles. The van der Waals surface area contributed by atoms with E-state index in [1.807, 2.05) is 79.3 Å². The zero-order chi connectivity index (χ0) is 28.8. The molecule has 0 fully saturated rings. The van der Waals surface area contributed by atoms with Crippen LogP contribution < -0.4 is 4.74 Å². The summed E-state index contributed by atoms with van der Waals surface area (Å²) in [4.78, 5) is 9.46. The molecule has 0 aliphatic heterocycles. The molecular formula is C38H20N4O2Pd. The number of pyridine rings is 2. The van der Waals surface area contributed by atoms with E-state index in [0.717, 1.165) is 76.9 Å². The number of hydrogen-bond acceptors (Lipinski definition) is 4. The molecule has 0 spiro atoms. The first-order valence-electron chi connectivity index (χ1n) is 14.4. The topological polar surface area (TPSA) is 57.5 Å². The van der Waals surface area contributed by atoms with Gasteiger partial charge in [-0.15, -0.1) is 30.3 Å². The Hall–Kier alpha value is -5.48. The van der Waals surface area contributed by atoms with Crippen LogP contribution in [-0.2, 0) is 20.4 Å². The van der Waals surface area contributed by atoms with E-state index in [2.05, 4.69) is 68.5 Å². The molecule has 45 heavy (non-hydrogen) atoms. The van der Waals surface area contributed by atoms with Crippen molar-refractivity contribution in [1.82, 2.24) is 18.9 Å². The van der Waals surface area contributed by atoms with Crippen molar-refractivity contribution in [2.24, 2.45) is 0 Å². The molecule has 0 aliphatic carbocycles. The second-order valence-electron chi connectivity index (χ2n) is 10.9. The summed E-state index contributed by atoms with van der Waals surface area (Å²) in [7, 11) is 0. The standard InChI is InChI=1S/C38H20N4O2.Pd/c1-3-12-31-27(9-1)26-15-14-25(22-30(26)37-40-19-20-41(31)37)43-24-8-5-7-23(21-24)42-32-16-17-34-36(28-10-2-4-13-33(28)44-34)35(32)29-11-6-18-39-38(29)42;/h1-20H;/q-2;+2. The van der Waals surface area contributed by atoms with E-state index in [-0.39, 0.29) is 20.4 Å². The molecule has 10 rings (SSSR count). The Morgan fingerprint density at radius 1 is 0.578 bits per heavy atom. The zero-order valence-electron chi connectivity index (χ0n) is 23.5. The molecule has 0 radical (unpaired) electrons. The number of furan rings is 1. The molecule has 10 aromatic rings. The number of hydrogen-bond donors (Lipinski definition) is 0. The molecule has 7 heteroatoms. The van der Waals surface area contributed by atoms with Crippen molar-refractivity contribution < 1.29 is 29.6 Å². The van der Waals surface area contributed by atoms with Gasteiger partial charge in [0.05, 0.1) is 11.2 Å². The average molecular weight is 671 g/mol. The molecule has 5 aromatic heterocycles. The minimum Gasteiger partial charge on any atom is -0.503 e. The van der Waals surface area contributed by atoms with Crippen molar-refractivity contribution in [3.63, 3.8) is 0 Å². The Morgan fingerprint density at radius 2 is 1.40 bits per heavy atom. The Balaban J connectivity index is 0.00000281. The minimum atomic E-state index is 0. The Labute approximate surface area is 269 Å². The number of aromatic nitrogens is 4. The summed E-state index contributed by atoms with van der Waals surface area (Å²) in [6.45, 7) is 0. The van der Waals surface area contributed by atoms with Crippen LogP contribution in [-0.4, -0.2) is 18.9 Å². The van der Waals surface area contributed by atoms with E-state index in [1.165, 1.54) is 0 Å². The molecule has 0 unspecified atom stereocenters. The number of fused-ring (bicyclic) bond motifs is 13. The molecule has 0 atom stereocenters. The zero-order valence-corrected chi connectivity index (χ0v) is 25.0. The summed E-state index contributed by atoms with van der Waals surface area (Å²) in [6, 6.07) is 41.7. The van der Waals surface area contributed by atoms with Crippen LogP contribution in [0, 0.1) is 12.1 Å². The van der Waals surface area contributed by atoms with Gasteiger partial charge in [-0.1, -0.05) is 58.9 Å². The monoisotopic (exact) mass is 670 g/mol. The fourth-order valence-electron chi connectivity index (χ4n) is 6.67. The summed E-state index contributed by atoms with van der Waals surface area (Å²) >= 11 is 0. The molecular weight excluding hydrogens is 651 g/mol. The van der Waals surface area contributed by atoms with Crippen LogP contribution in [0.15, 0.2) is 126 Å². The van der Waals surface area contributed by atoms with Gasteiger partial charge in [0.2, 0.25) is 0 Å². The summed E-state index contributed by atoms with van der Waals surface area (Å²) in [6.07, 6.45) is 5.63. The number of ether oxygens (including phenoxy) is 1. The first-order valence-corrected chi connectivity index (χ1v) is 14.4. The summed E-state index contributed by atoms with van der Waals surface area (Å²) in [5, 5.41) is 7.47. The number of rotatable bonds is 3. The number of para-hydroxylation sites is 2. The smallest absolute Gasteiger partial charge is 0.503 e. The van der Waals surface area contributed by atoms with Crippen LogP contribution in [0.1, 0.15) is 0 Å². The van der Waals surface area contributed by atoms with Gasteiger partial charge in [-0.25, -0.2) is 4.98 Å². The molecule has 0 bridgehead atoms. The fraction of sp³-hybridized carbons (Fsp3) is 0. The summed E-state index contributed by atoms with van der Waals surface area (Å²) < 4.78 is 16.9. The van der Waals surface area contributed by atoms with Crippen molar-refractivity contribution in [2.45, 2.75) is 0 Å². The minimum absolute atomic E-state index is 0. The number of nitrogens with zero attached hydrogens (tertiary/aromatic N) is 4. The number of imidazole rings is 1.